The van der Waals surface area contributed by atoms with Crippen LogP contribution in [0.15, 0.2) is 42.5 Å². The number of para-hydroxylation sites is 2. The minimum absolute atomic E-state index is 0.277. The van der Waals surface area contributed by atoms with E-state index in [4.69, 9.17) is 33.7 Å². The van der Waals surface area contributed by atoms with E-state index in [0.29, 0.717) is 40.2 Å². The number of anilines is 1. The molecule has 2 aromatic rings. The zero-order chi connectivity index (χ0) is 15.2. The van der Waals surface area contributed by atoms with Gasteiger partial charge in [0.1, 0.15) is 12.4 Å². The van der Waals surface area contributed by atoms with Crippen molar-refractivity contribution in [3.63, 3.8) is 0 Å². The molecule has 2 rings (SSSR count). The summed E-state index contributed by atoms with van der Waals surface area (Å²) >= 11 is 11.7. The molecule has 4 nitrogen and oxygen atoms in total. The molecule has 0 fully saturated rings. The van der Waals surface area contributed by atoms with Crippen LogP contribution in [0.1, 0.15) is 10.4 Å². The Morgan fingerprint density at radius 3 is 2.67 bits per heavy atom. The SMILES string of the molecule is Nc1ccccc1OCCNC(=O)c1ccc(Cl)cc1Cl. The van der Waals surface area contributed by atoms with E-state index in [2.05, 4.69) is 5.32 Å². The van der Waals surface area contributed by atoms with Crippen LogP contribution in [0.3, 0.4) is 0 Å². The Labute approximate surface area is 132 Å². The van der Waals surface area contributed by atoms with Crippen molar-refractivity contribution >= 4 is 34.8 Å². The highest BCUT2D eigenvalue weighted by atomic mass is 35.5. The molecule has 110 valence electrons. The molecule has 0 heterocycles. The molecule has 0 saturated heterocycles. The van der Waals surface area contributed by atoms with Crippen LogP contribution >= 0.6 is 23.2 Å². The number of nitrogens with one attached hydrogen (secondary N) is 1. The summed E-state index contributed by atoms with van der Waals surface area (Å²) in [5, 5.41) is 3.52. The monoisotopic (exact) mass is 324 g/mol. The highest BCUT2D eigenvalue weighted by molar-refractivity contribution is 6.36. The summed E-state index contributed by atoms with van der Waals surface area (Å²) in [4.78, 5) is 11.9. The van der Waals surface area contributed by atoms with Crippen LogP contribution in [0.5, 0.6) is 5.75 Å². The summed E-state index contributed by atoms with van der Waals surface area (Å²) in [6, 6.07) is 11.9. The summed E-state index contributed by atoms with van der Waals surface area (Å²) in [6.45, 7) is 0.650. The molecule has 21 heavy (non-hydrogen) atoms. The molecule has 0 radical (unpaired) electrons. The van der Waals surface area contributed by atoms with Crippen molar-refractivity contribution in [1.82, 2.24) is 5.32 Å². The van der Waals surface area contributed by atoms with Crippen molar-refractivity contribution in [3.8, 4) is 5.75 Å². The van der Waals surface area contributed by atoms with Crippen LogP contribution in [0.2, 0.25) is 10.0 Å². The van der Waals surface area contributed by atoms with Crippen LogP contribution in [0, 0.1) is 0 Å². The Morgan fingerprint density at radius 2 is 1.95 bits per heavy atom. The molecule has 3 N–H and O–H groups in total. The van der Waals surface area contributed by atoms with Crippen molar-refractivity contribution in [2.45, 2.75) is 0 Å². The van der Waals surface area contributed by atoms with E-state index < -0.39 is 0 Å². The maximum absolute atomic E-state index is 11.9. The van der Waals surface area contributed by atoms with Crippen molar-refractivity contribution in [2.75, 3.05) is 18.9 Å². The molecule has 0 atom stereocenters. The lowest BCUT2D eigenvalue weighted by Crippen LogP contribution is -2.28. The van der Waals surface area contributed by atoms with Crippen LogP contribution in [-0.4, -0.2) is 19.1 Å². The number of amides is 1. The highest BCUT2D eigenvalue weighted by Gasteiger charge is 2.10. The normalized spacial score (nSPS) is 10.2. The minimum atomic E-state index is -0.277. The molecule has 0 aliphatic heterocycles. The van der Waals surface area contributed by atoms with Crippen LogP contribution in [0.4, 0.5) is 5.69 Å². The van der Waals surface area contributed by atoms with E-state index in [1.165, 1.54) is 6.07 Å². The van der Waals surface area contributed by atoms with Crippen LogP contribution in [-0.2, 0) is 0 Å². The summed E-state index contributed by atoms with van der Waals surface area (Å²) in [5.74, 6) is 0.317. The molecule has 0 unspecified atom stereocenters. The first-order chi connectivity index (χ1) is 10.1. The fourth-order valence-electron chi connectivity index (χ4n) is 1.71. The fraction of sp³-hybridized carbons (Fsp3) is 0.133. The number of nitrogens with two attached hydrogens (primary N) is 1. The molecule has 0 saturated carbocycles. The van der Waals surface area contributed by atoms with Gasteiger partial charge in [0.25, 0.3) is 5.91 Å². The van der Waals surface area contributed by atoms with Gasteiger partial charge in [-0.05, 0) is 30.3 Å². The lowest BCUT2D eigenvalue weighted by atomic mass is 10.2. The van der Waals surface area contributed by atoms with E-state index in [1.807, 2.05) is 12.1 Å². The lowest BCUT2D eigenvalue weighted by Gasteiger charge is -2.10. The van der Waals surface area contributed by atoms with Gasteiger partial charge in [0.15, 0.2) is 0 Å². The van der Waals surface area contributed by atoms with Gasteiger partial charge < -0.3 is 15.8 Å². The second-order valence-corrected chi connectivity index (χ2v) is 5.11. The van der Waals surface area contributed by atoms with Gasteiger partial charge in [-0.1, -0.05) is 35.3 Å². The highest BCUT2D eigenvalue weighted by Crippen LogP contribution is 2.21. The van der Waals surface area contributed by atoms with Gasteiger partial charge in [-0.2, -0.15) is 0 Å². The summed E-state index contributed by atoms with van der Waals surface area (Å²) in [5.41, 5.74) is 6.68. The molecular weight excluding hydrogens is 311 g/mol. The molecule has 0 bridgehead atoms. The first kappa shape index (κ1) is 15.5. The van der Waals surface area contributed by atoms with Crippen LogP contribution in [0.25, 0.3) is 0 Å². The minimum Gasteiger partial charge on any atom is -0.490 e. The maximum Gasteiger partial charge on any atom is 0.252 e. The van der Waals surface area contributed by atoms with E-state index in [0.717, 1.165) is 0 Å². The Bertz CT molecular complexity index is 647. The van der Waals surface area contributed by atoms with Gasteiger partial charge >= 0.3 is 0 Å². The molecule has 0 aliphatic carbocycles. The second-order valence-electron chi connectivity index (χ2n) is 4.27. The smallest absolute Gasteiger partial charge is 0.252 e. The van der Waals surface area contributed by atoms with Crippen molar-refractivity contribution in [1.29, 1.82) is 0 Å². The average Bonchev–Trinajstić information content (AvgIpc) is 2.45. The Kier molecular flexibility index (Phi) is 5.31. The molecule has 0 aromatic heterocycles. The second kappa shape index (κ2) is 7.20. The van der Waals surface area contributed by atoms with Crippen molar-refractivity contribution < 1.29 is 9.53 Å². The van der Waals surface area contributed by atoms with Crippen molar-refractivity contribution in [3.05, 3.63) is 58.1 Å². The van der Waals surface area contributed by atoms with Crippen molar-refractivity contribution in [2.24, 2.45) is 0 Å². The topological polar surface area (TPSA) is 64.3 Å². The first-order valence-corrected chi connectivity index (χ1v) is 7.04. The van der Waals surface area contributed by atoms with Gasteiger partial charge in [-0.15, -0.1) is 0 Å². The summed E-state index contributed by atoms with van der Waals surface area (Å²) in [6.07, 6.45) is 0. The zero-order valence-corrected chi connectivity index (χ0v) is 12.6. The number of nitrogen functional groups attached to an aromatic ring is 1. The Morgan fingerprint density at radius 1 is 1.19 bits per heavy atom. The van der Waals surface area contributed by atoms with Gasteiger partial charge in [-0.3, -0.25) is 4.79 Å². The Balaban J connectivity index is 1.83. The van der Waals surface area contributed by atoms with Gasteiger partial charge in [0.05, 0.1) is 22.8 Å². The van der Waals surface area contributed by atoms with Gasteiger partial charge in [-0.25, -0.2) is 0 Å². The molecule has 6 heteroatoms. The van der Waals surface area contributed by atoms with E-state index in [9.17, 15) is 4.79 Å². The molecular formula is C15H14Cl2N2O2. The standard InChI is InChI=1S/C15H14Cl2N2O2/c16-10-5-6-11(12(17)9-10)15(20)19-7-8-21-14-4-2-1-3-13(14)18/h1-6,9H,7-8,18H2,(H,19,20). The first-order valence-electron chi connectivity index (χ1n) is 6.28. The van der Waals surface area contributed by atoms with Gasteiger partial charge in [0, 0.05) is 5.02 Å². The quantitative estimate of drug-likeness (QED) is 0.654. The summed E-state index contributed by atoms with van der Waals surface area (Å²) in [7, 11) is 0. The number of rotatable bonds is 5. The number of benzene rings is 2. The average molecular weight is 325 g/mol. The number of halogens is 2. The third-order valence-electron chi connectivity index (χ3n) is 2.74. The van der Waals surface area contributed by atoms with E-state index >= 15 is 0 Å². The Hall–Kier alpha value is -1.91. The predicted molar refractivity (Wildman–Crippen MR) is 85.1 cm³/mol. The lowest BCUT2D eigenvalue weighted by molar-refractivity contribution is 0.0947. The number of ether oxygens (including phenoxy) is 1. The third-order valence-corrected chi connectivity index (χ3v) is 3.29. The van der Waals surface area contributed by atoms with Gasteiger partial charge in [0.2, 0.25) is 0 Å². The molecule has 1 amide bonds. The number of hydrogen-bond donors (Lipinski definition) is 2. The van der Waals surface area contributed by atoms with Crippen LogP contribution < -0.4 is 15.8 Å². The predicted octanol–water partition coefficient (Wildman–Crippen LogP) is 3.38. The zero-order valence-electron chi connectivity index (χ0n) is 11.1. The third kappa shape index (κ3) is 4.28. The fourth-order valence-corrected chi connectivity index (χ4v) is 2.20. The molecule has 2 aromatic carbocycles. The molecule has 0 spiro atoms. The van der Waals surface area contributed by atoms with E-state index in [1.54, 1.807) is 24.3 Å². The molecule has 0 aliphatic rings. The maximum atomic E-state index is 11.9. The summed E-state index contributed by atoms with van der Waals surface area (Å²) < 4.78 is 5.48. The number of carbonyl (C=O) groups is 1. The number of carbonyl (C=O) groups excluding carboxylic acids is 1. The number of hydrogen-bond acceptors (Lipinski definition) is 3. The van der Waals surface area contributed by atoms with E-state index in [-0.39, 0.29) is 5.91 Å². The largest absolute Gasteiger partial charge is 0.490 e.